The number of halogens is 6. The Bertz CT molecular complexity index is 1620. The van der Waals surface area contributed by atoms with E-state index in [0.717, 1.165) is 43.6 Å². The number of alkyl halides is 5. The third kappa shape index (κ3) is 7.09. The number of esters is 1. The molecule has 2 heterocycles. The molecule has 2 aromatic heterocycles. The molecular formula is C27H30F6N4O5S2. The van der Waals surface area contributed by atoms with E-state index in [1.807, 2.05) is 0 Å². The Morgan fingerprint density at radius 3 is 2.43 bits per heavy atom. The second-order valence-electron chi connectivity index (χ2n) is 11.1. The molecule has 17 heteroatoms. The summed E-state index contributed by atoms with van der Waals surface area (Å²) in [7, 11) is -3.94. The summed E-state index contributed by atoms with van der Waals surface area (Å²) in [4.78, 5) is 15.4. The van der Waals surface area contributed by atoms with E-state index in [-0.39, 0.29) is 39.6 Å². The molecule has 0 spiro atoms. The van der Waals surface area contributed by atoms with Crippen molar-refractivity contribution >= 4 is 27.3 Å². The summed E-state index contributed by atoms with van der Waals surface area (Å²) in [5.74, 6) is -2.19. The van der Waals surface area contributed by atoms with Crippen LogP contribution in [0, 0.1) is 17.2 Å². The number of nitrogens with one attached hydrogen (secondary N) is 1. The summed E-state index contributed by atoms with van der Waals surface area (Å²) in [5, 5.41) is 8.04. The number of methoxy groups -OCH3 is 1. The Balaban J connectivity index is 1.77. The summed E-state index contributed by atoms with van der Waals surface area (Å²) in [5.41, 5.74) is -2.32. The SMILES string of the molecule is CC[C@@H](NS(=O)(=O)c1ccc(-c2sc(-c3nnc(CC(C)(C)C(=O)OC)o3)nc2CC2CCC2)c(C(F)F)c1F)C(F)(F)F. The molecule has 1 aromatic carbocycles. The molecule has 1 aliphatic rings. The van der Waals surface area contributed by atoms with Crippen LogP contribution in [0.15, 0.2) is 21.4 Å². The van der Waals surface area contributed by atoms with E-state index >= 15 is 4.39 Å². The van der Waals surface area contributed by atoms with Gasteiger partial charge in [0, 0.05) is 12.0 Å². The van der Waals surface area contributed by atoms with Crippen molar-refractivity contribution in [2.45, 2.75) is 82.8 Å². The lowest BCUT2D eigenvalue weighted by molar-refractivity contribution is -0.152. The van der Waals surface area contributed by atoms with Crippen LogP contribution in [0.4, 0.5) is 26.3 Å². The maximum absolute atomic E-state index is 15.6. The van der Waals surface area contributed by atoms with Crippen molar-refractivity contribution in [1.82, 2.24) is 19.9 Å². The number of sulfonamides is 1. The number of ether oxygens (including phenoxy) is 1. The zero-order chi connectivity index (χ0) is 32.6. The first kappa shape index (κ1) is 33.8. The van der Waals surface area contributed by atoms with Gasteiger partial charge in [-0.05, 0) is 38.7 Å². The molecule has 0 radical (unpaired) electrons. The monoisotopic (exact) mass is 668 g/mol. The molecule has 9 nitrogen and oxygen atoms in total. The molecule has 3 aromatic rings. The number of thiazole rings is 1. The van der Waals surface area contributed by atoms with Gasteiger partial charge in [0.15, 0.2) is 10.8 Å². The van der Waals surface area contributed by atoms with Crippen molar-refractivity contribution in [3.05, 3.63) is 35.1 Å². The van der Waals surface area contributed by atoms with Crippen molar-refractivity contribution in [3.63, 3.8) is 0 Å². The number of benzene rings is 1. The highest BCUT2D eigenvalue weighted by Crippen LogP contribution is 2.44. The van der Waals surface area contributed by atoms with E-state index in [4.69, 9.17) is 9.15 Å². The Labute approximate surface area is 253 Å². The van der Waals surface area contributed by atoms with Gasteiger partial charge in [0.05, 0.1) is 28.7 Å². The molecule has 44 heavy (non-hydrogen) atoms. The number of carbonyl (C=O) groups is 1. The normalized spacial score (nSPS) is 15.4. The minimum absolute atomic E-state index is 0.0256. The maximum Gasteiger partial charge on any atom is 0.404 e. The maximum atomic E-state index is 15.6. The Hall–Kier alpha value is -3.05. The first-order valence-corrected chi connectivity index (χ1v) is 15.9. The first-order valence-electron chi connectivity index (χ1n) is 13.6. The van der Waals surface area contributed by atoms with Crippen LogP contribution in [0.1, 0.15) is 70.0 Å². The number of nitrogens with zero attached hydrogens (tertiary/aromatic N) is 3. The standard InChI is InChI=1S/C27H30F6N4O5S2/c1-5-17(27(31,32)33)37-44(39,40)16-10-9-14(19(20(16)28)22(29)30)21-15(11-13-7-6-8-13)34-24(43-21)23-36-35-18(42-23)12-26(2,3)25(38)41-4/h9-10,13,17,22,37H,5-8,11-12H2,1-4H3/t17-/m1/s1. The van der Waals surface area contributed by atoms with Crippen LogP contribution in [-0.2, 0) is 32.4 Å². The highest BCUT2D eigenvalue weighted by atomic mass is 32.2. The quantitative estimate of drug-likeness (QED) is 0.168. The van der Waals surface area contributed by atoms with Gasteiger partial charge in [-0.3, -0.25) is 4.79 Å². The van der Waals surface area contributed by atoms with Gasteiger partial charge in [0.2, 0.25) is 15.9 Å². The molecule has 4 rings (SSSR count). The molecule has 1 saturated carbocycles. The molecule has 1 aliphatic carbocycles. The molecular weight excluding hydrogens is 638 g/mol. The van der Waals surface area contributed by atoms with Crippen molar-refractivity contribution in [3.8, 4) is 21.3 Å². The van der Waals surface area contributed by atoms with Gasteiger partial charge in [-0.1, -0.05) is 32.3 Å². The molecule has 1 N–H and O–H groups in total. The van der Waals surface area contributed by atoms with E-state index in [0.29, 0.717) is 18.2 Å². The Morgan fingerprint density at radius 2 is 1.89 bits per heavy atom. The van der Waals surface area contributed by atoms with Crippen molar-refractivity contribution in [1.29, 1.82) is 0 Å². The molecule has 0 saturated heterocycles. The fourth-order valence-corrected chi connectivity index (χ4v) is 7.17. The lowest BCUT2D eigenvalue weighted by Gasteiger charge is -2.25. The number of carbonyl (C=O) groups excluding carboxylic acids is 1. The third-order valence-electron chi connectivity index (χ3n) is 7.38. The number of hydrogen-bond acceptors (Lipinski definition) is 9. The van der Waals surface area contributed by atoms with Crippen LogP contribution in [0.25, 0.3) is 21.3 Å². The zero-order valence-corrected chi connectivity index (χ0v) is 25.7. The van der Waals surface area contributed by atoms with E-state index < -0.39 is 62.7 Å². The van der Waals surface area contributed by atoms with Crippen molar-refractivity contribution in [2.24, 2.45) is 11.3 Å². The largest absolute Gasteiger partial charge is 0.469 e. The van der Waals surface area contributed by atoms with Crippen LogP contribution in [0.2, 0.25) is 0 Å². The molecule has 0 bridgehead atoms. The summed E-state index contributed by atoms with van der Waals surface area (Å²) in [6.07, 6.45) is -6.16. The van der Waals surface area contributed by atoms with Crippen LogP contribution >= 0.6 is 11.3 Å². The van der Waals surface area contributed by atoms with Gasteiger partial charge in [0.25, 0.3) is 12.3 Å². The van der Waals surface area contributed by atoms with Gasteiger partial charge in [0.1, 0.15) is 10.9 Å². The summed E-state index contributed by atoms with van der Waals surface area (Å²) in [6, 6.07) is -0.945. The van der Waals surface area contributed by atoms with Crippen molar-refractivity contribution in [2.75, 3.05) is 7.11 Å². The van der Waals surface area contributed by atoms with Crippen LogP contribution in [0.5, 0.6) is 0 Å². The number of rotatable bonds is 12. The van der Waals surface area contributed by atoms with E-state index in [2.05, 4.69) is 15.2 Å². The van der Waals surface area contributed by atoms with Gasteiger partial charge < -0.3 is 9.15 Å². The molecule has 0 aliphatic heterocycles. The molecule has 1 atom stereocenters. The first-order chi connectivity index (χ1) is 20.5. The predicted molar refractivity (Wildman–Crippen MR) is 147 cm³/mol. The van der Waals surface area contributed by atoms with Crippen molar-refractivity contribution < 1.29 is 48.7 Å². The predicted octanol–water partition coefficient (Wildman–Crippen LogP) is 6.64. The second kappa shape index (κ2) is 12.7. The smallest absolute Gasteiger partial charge is 0.404 e. The average Bonchev–Trinajstić information content (AvgIpc) is 3.54. The summed E-state index contributed by atoms with van der Waals surface area (Å²) >= 11 is 0.843. The fourth-order valence-electron chi connectivity index (χ4n) is 4.72. The number of hydrogen-bond donors (Lipinski definition) is 1. The molecule has 0 unspecified atom stereocenters. The van der Waals surface area contributed by atoms with Crippen LogP contribution < -0.4 is 4.72 Å². The van der Waals surface area contributed by atoms with Crippen LogP contribution in [0.3, 0.4) is 0 Å². The minimum Gasteiger partial charge on any atom is -0.469 e. The molecule has 242 valence electrons. The summed E-state index contributed by atoms with van der Waals surface area (Å²) in [6.45, 7) is 4.31. The van der Waals surface area contributed by atoms with Gasteiger partial charge in [-0.2, -0.15) is 17.9 Å². The second-order valence-corrected chi connectivity index (χ2v) is 13.8. The van der Waals surface area contributed by atoms with E-state index in [1.54, 1.807) is 13.8 Å². The topological polar surface area (TPSA) is 124 Å². The average molecular weight is 669 g/mol. The van der Waals surface area contributed by atoms with E-state index in [9.17, 15) is 35.2 Å². The lowest BCUT2D eigenvalue weighted by Crippen LogP contribution is -2.45. The Kier molecular flexibility index (Phi) is 9.80. The van der Waals surface area contributed by atoms with E-state index in [1.165, 1.54) is 11.8 Å². The van der Waals surface area contributed by atoms with Gasteiger partial charge >= 0.3 is 12.1 Å². The molecule has 0 amide bonds. The Morgan fingerprint density at radius 1 is 1.20 bits per heavy atom. The van der Waals surface area contributed by atoms with Gasteiger partial charge in [-0.15, -0.1) is 21.5 Å². The summed E-state index contributed by atoms with van der Waals surface area (Å²) < 4.78 is 121. The highest BCUT2D eigenvalue weighted by Gasteiger charge is 2.42. The van der Waals surface area contributed by atoms with Gasteiger partial charge in [-0.25, -0.2) is 26.6 Å². The minimum atomic E-state index is -5.18. The third-order valence-corrected chi connectivity index (χ3v) is 9.99. The number of aromatic nitrogens is 3. The highest BCUT2D eigenvalue weighted by molar-refractivity contribution is 7.89. The fraction of sp³-hybridized carbons (Fsp3) is 0.556. The molecule has 1 fully saturated rings. The zero-order valence-electron chi connectivity index (χ0n) is 24.1. The van der Waals surface area contributed by atoms with Crippen LogP contribution in [-0.4, -0.2) is 48.9 Å². The lowest BCUT2D eigenvalue weighted by atomic mass is 9.81.